The zero-order valence-corrected chi connectivity index (χ0v) is 26.0. The molecule has 4 bridgehead atoms. The lowest BCUT2D eigenvalue weighted by Gasteiger charge is -2.65. The molecule has 2 unspecified atom stereocenters. The molecule has 6 heteroatoms. The van der Waals surface area contributed by atoms with Crippen molar-refractivity contribution in [1.82, 2.24) is 0 Å². The van der Waals surface area contributed by atoms with Crippen LogP contribution in [0.3, 0.4) is 0 Å². The molecule has 9 rings (SSSR count). The summed E-state index contributed by atoms with van der Waals surface area (Å²) in [6.07, 6.45) is 7.58. The fraction of sp³-hybridized carbons (Fsp3) is 0.300. The molecule has 6 nitrogen and oxygen atoms in total. The third-order valence-corrected chi connectivity index (χ3v) is 10.8. The van der Waals surface area contributed by atoms with E-state index in [1.54, 1.807) is 48.5 Å². The summed E-state index contributed by atoms with van der Waals surface area (Å²) in [5.41, 5.74) is 2.63. The van der Waals surface area contributed by atoms with Crippen molar-refractivity contribution in [3.63, 3.8) is 0 Å². The summed E-state index contributed by atoms with van der Waals surface area (Å²) in [5.74, 6) is 1.28. The van der Waals surface area contributed by atoms with E-state index in [4.69, 9.17) is 9.47 Å². The summed E-state index contributed by atoms with van der Waals surface area (Å²) >= 11 is 0. The van der Waals surface area contributed by atoms with Crippen molar-refractivity contribution >= 4 is 33.5 Å². The van der Waals surface area contributed by atoms with E-state index in [2.05, 4.69) is 44.2 Å². The second-order valence-corrected chi connectivity index (χ2v) is 14.8. The normalized spacial score (nSPS) is 26.3. The number of hydrogen-bond donors (Lipinski definition) is 2. The zero-order chi connectivity index (χ0) is 31.8. The fourth-order valence-corrected chi connectivity index (χ4v) is 10.0. The van der Waals surface area contributed by atoms with E-state index in [1.807, 2.05) is 12.1 Å². The molecule has 0 spiro atoms. The molecule has 0 aliphatic heterocycles. The van der Waals surface area contributed by atoms with Crippen LogP contribution in [0.1, 0.15) is 78.7 Å². The second kappa shape index (κ2) is 10.1. The number of ether oxygens (including phenoxy) is 2. The highest BCUT2D eigenvalue weighted by Gasteiger charge is 2.60. The van der Waals surface area contributed by atoms with Crippen LogP contribution in [0.2, 0.25) is 0 Å². The minimum atomic E-state index is -0.980. The zero-order valence-electron chi connectivity index (χ0n) is 26.0. The van der Waals surface area contributed by atoms with Gasteiger partial charge in [-0.2, -0.15) is 0 Å². The number of carboxylic acid groups (broad SMARTS) is 2. The molecule has 0 amide bonds. The lowest BCUT2D eigenvalue weighted by atomic mass is 9.39. The molecule has 2 atom stereocenters. The van der Waals surface area contributed by atoms with Crippen molar-refractivity contribution in [2.45, 2.75) is 57.8 Å². The van der Waals surface area contributed by atoms with Gasteiger partial charge in [0.2, 0.25) is 0 Å². The van der Waals surface area contributed by atoms with E-state index in [0.29, 0.717) is 33.8 Å². The number of aromatic carboxylic acids is 2. The maximum atomic E-state index is 11.4. The van der Waals surface area contributed by atoms with Crippen molar-refractivity contribution in [3.05, 3.63) is 108 Å². The predicted molar refractivity (Wildman–Crippen MR) is 177 cm³/mol. The Bertz CT molecular complexity index is 2030. The number of fused-ring (bicyclic) bond motifs is 2. The van der Waals surface area contributed by atoms with Crippen molar-refractivity contribution < 1.29 is 29.3 Å². The van der Waals surface area contributed by atoms with Gasteiger partial charge in [0.1, 0.15) is 23.0 Å². The third kappa shape index (κ3) is 4.79. The minimum Gasteiger partial charge on any atom is -0.478 e. The third-order valence-electron chi connectivity index (χ3n) is 10.8. The molecule has 2 N–H and O–H groups in total. The average molecular weight is 613 g/mol. The molecule has 0 aromatic heterocycles. The van der Waals surface area contributed by atoms with Gasteiger partial charge in [0.05, 0.1) is 11.1 Å². The first-order valence-electron chi connectivity index (χ1n) is 16.0. The van der Waals surface area contributed by atoms with Crippen LogP contribution in [0, 0.1) is 16.7 Å². The highest BCUT2D eigenvalue weighted by molar-refractivity contribution is 6.05. The van der Waals surface area contributed by atoms with Crippen LogP contribution in [0.25, 0.3) is 21.5 Å². The smallest absolute Gasteiger partial charge is 0.335 e. The van der Waals surface area contributed by atoms with E-state index in [9.17, 15) is 19.8 Å². The van der Waals surface area contributed by atoms with Gasteiger partial charge in [-0.25, -0.2) is 9.59 Å². The first-order valence-corrected chi connectivity index (χ1v) is 16.0. The summed E-state index contributed by atoms with van der Waals surface area (Å²) in [6, 6.07) is 27.8. The number of rotatable bonds is 7. The minimum absolute atomic E-state index is 0.108. The predicted octanol–water partition coefficient (Wildman–Crippen LogP) is 10.2. The number of carbonyl (C=O) groups is 2. The Kier molecular flexibility index (Phi) is 6.27. The largest absolute Gasteiger partial charge is 0.478 e. The molecular weight excluding hydrogens is 576 g/mol. The molecule has 4 saturated carbocycles. The van der Waals surface area contributed by atoms with E-state index < -0.39 is 11.9 Å². The Morgan fingerprint density at radius 3 is 1.74 bits per heavy atom. The molecule has 4 fully saturated rings. The van der Waals surface area contributed by atoms with Crippen molar-refractivity contribution in [2.75, 3.05) is 0 Å². The van der Waals surface area contributed by atoms with Crippen LogP contribution in [0.5, 0.6) is 23.0 Å². The van der Waals surface area contributed by atoms with Crippen LogP contribution < -0.4 is 9.47 Å². The molecule has 4 aliphatic rings. The van der Waals surface area contributed by atoms with Crippen LogP contribution in [0.15, 0.2) is 91.0 Å². The Labute approximate surface area is 267 Å². The molecule has 5 aromatic rings. The molecule has 5 aromatic carbocycles. The Balaban J connectivity index is 1.28. The number of hydrogen-bond acceptors (Lipinski definition) is 4. The second-order valence-electron chi connectivity index (χ2n) is 14.8. The topological polar surface area (TPSA) is 93.1 Å². The standard InChI is InChI=1S/C40H36O6/c1-38-18-24-19-39(2,21-38)23-40(20-24,22-38)33-14-15-35(46-29-12-8-26(9-13-29)37(43)44)32-17-30-27(16-31(32)33)4-3-5-34(30)45-28-10-6-25(7-11-28)36(41)42/h3-17,24H,18-23H2,1-2H3,(H,41,42)(H,43,44). The molecule has 0 radical (unpaired) electrons. The van der Waals surface area contributed by atoms with Crippen LogP contribution in [-0.2, 0) is 5.41 Å². The quantitative estimate of drug-likeness (QED) is 0.178. The van der Waals surface area contributed by atoms with Gasteiger partial charge in [-0.15, -0.1) is 0 Å². The first-order chi connectivity index (χ1) is 22.0. The van der Waals surface area contributed by atoms with E-state index in [1.165, 1.54) is 49.5 Å². The molecular formula is C40H36O6. The Hall–Kier alpha value is -4.84. The van der Waals surface area contributed by atoms with Gasteiger partial charge < -0.3 is 19.7 Å². The first kappa shape index (κ1) is 28.6. The highest BCUT2D eigenvalue weighted by atomic mass is 16.5. The highest BCUT2D eigenvalue weighted by Crippen LogP contribution is 2.70. The van der Waals surface area contributed by atoms with Crippen molar-refractivity contribution in [1.29, 1.82) is 0 Å². The molecule has 46 heavy (non-hydrogen) atoms. The van der Waals surface area contributed by atoms with Crippen LogP contribution >= 0.6 is 0 Å². The maximum absolute atomic E-state index is 11.4. The van der Waals surface area contributed by atoms with Gasteiger partial charge >= 0.3 is 11.9 Å². The Morgan fingerprint density at radius 1 is 0.630 bits per heavy atom. The van der Waals surface area contributed by atoms with Gasteiger partial charge in [0.15, 0.2) is 0 Å². The van der Waals surface area contributed by atoms with Gasteiger partial charge in [-0.3, -0.25) is 0 Å². The van der Waals surface area contributed by atoms with E-state index in [-0.39, 0.29) is 16.5 Å². The van der Waals surface area contributed by atoms with Gasteiger partial charge in [0, 0.05) is 10.8 Å². The van der Waals surface area contributed by atoms with Crippen LogP contribution in [-0.4, -0.2) is 22.2 Å². The van der Waals surface area contributed by atoms with Crippen molar-refractivity contribution in [3.8, 4) is 23.0 Å². The summed E-state index contributed by atoms with van der Waals surface area (Å²) in [4.78, 5) is 22.8. The van der Waals surface area contributed by atoms with Gasteiger partial charge in [-0.1, -0.05) is 32.0 Å². The SMILES string of the molecule is CC12CC3CC(C)(C1)CC(c1ccc(Oc4ccc(C(=O)O)cc4)c4cc5c(Oc6ccc(C(=O)O)cc6)cccc5cc14)(C3)C2. The maximum Gasteiger partial charge on any atom is 0.335 e. The lowest BCUT2D eigenvalue weighted by molar-refractivity contribution is -0.109. The lowest BCUT2D eigenvalue weighted by Crippen LogP contribution is -2.56. The summed E-state index contributed by atoms with van der Waals surface area (Å²) in [5, 5.41) is 22.8. The fourth-order valence-electron chi connectivity index (χ4n) is 10.0. The number of benzene rings is 5. The van der Waals surface area contributed by atoms with Crippen molar-refractivity contribution in [2.24, 2.45) is 16.7 Å². The molecule has 232 valence electrons. The monoisotopic (exact) mass is 612 g/mol. The van der Waals surface area contributed by atoms with Crippen LogP contribution in [0.4, 0.5) is 0 Å². The Morgan fingerprint density at radius 2 is 1.20 bits per heavy atom. The van der Waals surface area contributed by atoms with E-state index in [0.717, 1.165) is 22.1 Å². The summed E-state index contributed by atoms with van der Waals surface area (Å²) in [6.45, 7) is 5.01. The molecule has 4 aliphatic carbocycles. The summed E-state index contributed by atoms with van der Waals surface area (Å²) < 4.78 is 12.8. The average Bonchev–Trinajstić information content (AvgIpc) is 2.99. The molecule has 0 heterocycles. The van der Waals surface area contributed by atoms with Gasteiger partial charge in [-0.05, 0) is 150 Å². The van der Waals surface area contributed by atoms with Gasteiger partial charge in [0.25, 0.3) is 0 Å². The number of carboxylic acids is 2. The van der Waals surface area contributed by atoms with E-state index >= 15 is 0 Å². The molecule has 0 saturated heterocycles. The summed E-state index contributed by atoms with van der Waals surface area (Å²) in [7, 11) is 0.